The zero-order valence-corrected chi connectivity index (χ0v) is 9.84. The van der Waals surface area contributed by atoms with E-state index in [1.54, 1.807) is 0 Å². The van der Waals surface area contributed by atoms with E-state index in [9.17, 15) is 0 Å². The summed E-state index contributed by atoms with van der Waals surface area (Å²) in [6.45, 7) is 2.99. The van der Waals surface area contributed by atoms with Gasteiger partial charge in [0.15, 0.2) is 0 Å². The van der Waals surface area contributed by atoms with Crippen LogP contribution in [-0.4, -0.2) is 41.9 Å². The fraction of sp³-hybridized carbons (Fsp3) is 0.667. The number of nitrogens with zero attached hydrogens (tertiary/aromatic N) is 3. The lowest BCUT2D eigenvalue weighted by Crippen LogP contribution is -2.26. The Kier molecular flexibility index (Phi) is 6.53. The normalized spacial score (nSPS) is 10.3. The van der Waals surface area contributed by atoms with Gasteiger partial charge in [-0.1, -0.05) is 0 Å². The van der Waals surface area contributed by atoms with Gasteiger partial charge in [0.05, 0.1) is 6.20 Å². The first-order chi connectivity index (χ1) is 6.18. The number of hydrogen-bond acceptors (Lipinski definition) is 3. The van der Waals surface area contributed by atoms with Crippen LogP contribution in [0.1, 0.15) is 5.56 Å². The third-order valence-corrected chi connectivity index (χ3v) is 1.82. The molecule has 1 aromatic heterocycles. The Bertz CT molecular complexity index is 247. The minimum atomic E-state index is 0. The Morgan fingerprint density at radius 1 is 1.50 bits per heavy atom. The molecule has 0 aliphatic heterocycles. The van der Waals surface area contributed by atoms with Crippen LogP contribution in [0, 0.1) is 0 Å². The summed E-state index contributed by atoms with van der Waals surface area (Å²) in [7, 11) is 6.08. The Morgan fingerprint density at radius 3 is 2.71 bits per heavy atom. The largest absolute Gasteiger partial charge is 0.311 e. The van der Waals surface area contributed by atoms with Gasteiger partial charge in [0.2, 0.25) is 0 Å². The zero-order chi connectivity index (χ0) is 9.68. The van der Waals surface area contributed by atoms with Gasteiger partial charge in [0.1, 0.15) is 0 Å². The Morgan fingerprint density at radius 2 is 2.21 bits per heavy atom. The maximum Gasteiger partial charge on any atom is 0.0534 e. The molecule has 1 aromatic rings. The van der Waals surface area contributed by atoms with E-state index in [1.165, 1.54) is 5.56 Å². The second-order valence-corrected chi connectivity index (χ2v) is 3.50. The molecule has 0 saturated carbocycles. The van der Waals surface area contributed by atoms with E-state index in [4.69, 9.17) is 0 Å². The quantitative estimate of drug-likeness (QED) is 0.731. The predicted octanol–water partition coefficient (Wildman–Crippen LogP) is 0.493. The second-order valence-electron chi connectivity index (χ2n) is 3.50. The standard InChI is InChI=1S/C9H18N4.ClH/c1-12(2)5-4-10-6-9-7-11-13(3)8-9;/h7-8,10H,4-6H2,1-3H3;1H. The smallest absolute Gasteiger partial charge is 0.0534 e. The van der Waals surface area contributed by atoms with Crippen molar-refractivity contribution >= 4 is 12.4 Å². The van der Waals surface area contributed by atoms with E-state index < -0.39 is 0 Å². The van der Waals surface area contributed by atoms with Gasteiger partial charge < -0.3 is 10.2 Å². The van der Waals surface area contributed by atoms with E-state index in [2.05, 4.69) is 29.4 Å². The summed E-state index contributed by atoms with van der Waals surface area (Å²) >= 11 is 0. The number of nitrogens with one attached hydrogen (secondary N) is 1. The molecule has 0 spiro atoms. The number of aromatic nitrogens is 2. The molecule has 14 heavy (non-hydrogen) atoms. The van der Waals surface area contributed by atoms with Crippen molar-refractivity contribution in [2.24, 2.45) is 7.05 Å². The molecule has 0 atom stereocenters. The van der Waals surface area contributed by atoms with Crippen LogP contribution in [0.2, 0.25) is 0 Å². The van der Waals surface area contributed by atoms with Crippen molar-refractivity contribution in [3.05, 3.63) is 18.0 Å². The van der Waals surface area contributed by atoms with Crippen LogP contribution in [-0.2, 0) is 13.6 Å². The van der Waals surface area contributed by atoms with Crippen molar-refractivity contribution in [1.29, 1.82) is 0 Å². The number of aryl methyl sites for hydroxylation is 1. The summed E-state index contributed by atoms with van der Waals surface area (Å²) in [4.78, 5) is 2.16. The molecule has 0 aliphatic rings. The molecule has 1 heterocycles. The SMILES string of the molecule is CN(C)CCNCc1cnn(C)c1.Cl. The zero-order valence-electron chi connectivity index (χ0n) is 9.03. The Hall–Kier alpha value is -0.580. The first-order valence-corrected chi connectivity index (χ1v) is 4.51. The van der Waals surface area contributed by atoms with Crippen molar-refractivity contribution in [3.8, 4) is 0 Å². The molecule has 0 fully saturated rings. The van der Waals surface area contributed by atoms with Crippen molar-refractivity contribution in [3.63, 3.8) is 0 Å². The highest BCUT2D eigenvalue weighted by Crippen LogP contribution is 1.94. The maximum absolute atomic E-state index is 4.10. The van der Waals surface area contributed by atoms with Crippen LogP contribution in [0.25, 0.3) is 0 Å². The summed E-state index contributed by atoms with van der Waals surface area (Å²) in [6, 6.07) is 0. The third kappa shape index (κ3) is 5.21. The highest BCUT2D eigenvalue weighted by atomic mass is 35.5. The fourth-order valence-corrected chi connectivity index (χ4v) is 1.10. The van der Waals surface area contributed by atoms with Crippen LogP contribution in [0.5, 0.6) is 0 Å². The molecule has 0 aromatic carbocycles. The Balaban J connectivity index is 0.00000169. The van der Waals surface area contributed by atoms with E-state index in [0.29, 0.717) is 0 Å². The van der Waals surface area contributed by atoms with Crippen LogP contribution in [0.15, 0.2) is 12.4 Å². The molecule has 0 amide bonds. The van der Waals surface area contributed by atoms with E-state index in [1.807, 2.05) is 24.1 Å². The summed E-state index contributed by atoms with van der Waals surface area (Å²) < 4.78 is 1.82. The topological polar surface area (TPSA) is 33.1 Å². The molecule has 0 radical (unpaired) electrons. The van der Waals surface area contributed by atoms with Crippen molar-refractivity contribution in [2.45, 2.75) is 6.54 Å². The van der Waals surface area contributed by atoms with Crippen LogP contribution in [0.4, 0.5) is 0 Å². The van der Waals surface area contributed by atoms with E-state index >= 15 is 0 Å². The molecule has 5 heteroatoms. The van der Waals surface area contributed by atoms with Crippen LogP contribution < -0.4 is 5.32 Å². The van der Waals surface area contributed by atoms with Crippen LogP contribution >= 0.6 is 12.4 Å². The van der Waals surface area contributed by atoms with E-state index in [-0.39, 0.29) is 12.4 Å². The number of rotatable bonds is 5. The average Bonchev–Trinajstić information content (AvgIpc) is 2.45. The maximum atomic E-state index is 4.10. The molecule has 82 valence electrons. The first-order valence-electron chi connectivity index (χ1n) is 4.51. The minimum absolute atomic E-state index is 0. The van der Waals surface area contributed by atoms with Crippen molar-refractivity contribution in [1.82, 2.24) is 20.0 Å². The second kappa shape index (κ2) is 6.81. The molecule has 0 bridgehead atoms. The van der Waals surface area contributed by atoms with Crippen LogP contribution in [0.3, 0.4) is 0 Å². The summed E-state index contributed by atoms with van der Waals surface area (Å²) in [6.07, 6.45) is 3.92. The number of likely N-dealkylation sites (N-methyl/N-ethyl adjacent to an activating group) is 1. The van der Waals surface area contributed by atoms with Crippen molar-refractivity contribution in [2.75, 3.05) is 27.2 Å². The van der Waals surface area contributed by atoms with Gasteiger partial charge in [-0.25, -0.2) is 0 Å². The van der Waals surface area contributed by atoms with Gasteiger partial charge in [-0.3, -0.25) is 4.68 Å². The average molecular weight is 219 g/mol. The molecule has 0 saturated heterocycles. The fourth-order valence-electron chi connectivity index (χ4n) is 1.10. The third-order valence-electron chi connectivity index (χ3n) is 1.82. The lowest BCUT2D eigenvalue weighted by atomic mass is 10.3. The summed E-state index contributed by atoms with van der Waals surface area (Å²) in [5.41, 5.74) is 1.24. The number of halogens is 1. The molecule has 0 unspecified atom stereocenters. The Labute approximate surface area is 91.7 Å². The van der Waals surface area contributed by atoms with Crippen molar-refractivity contribution < 1.29 is 0 Å². The monoisotopic (exact) mass is 218 g/mol. The van der Waals surface area contributed by atoms with Gasteiger partial charge in [-0.2, -0.15) is 5.10 Å². The van der Waals surface area contributed by atoms with E-state index in [0.717, 1.165) is 19.6 Å². The lowest BCUT2D eigenvalue weighted by Gasteiger charge is -2.09. The highest BCUT2D eigenvalue weighted by molar-refractivity contribution is 5.85. The van der Waals surface area contributed by atoms with Gasteiger partial charge in [-0.05, 0) is 14.1 Å². The molecule has 0 aliphatic carbocycles. The molecule has 4 nitrogen and oxygen atoms in total. The first kappa shape index (κ1) is 13.4. The summed E-state index contributed by atoms with van der Waals surface area (Å²) in [5, 5.41) is 7.45. The minimum Gasteiger partial charge on any atom is -0.311 e. The summed E-state index contributed by atoms with van der Waals surface area (Å²) in [5.74, 6) is 0. The van der Waals surface area contributed by atoms with Gasteiger partial charge in [0, 0.05) is 38.4 Å². The highest BCUT2D eigenvalue weighted by Gasteiger charge is 1.95. The predicted molar refractivity (Wildman–Crippen MR) is 60.7 cm³/mol. The van der Waals surface area contributed by atoms with Gasteiger partial charge >= 0.3 is 0 Å². The van der Waals surface area contributed by atoms with Gasteiger partial charge in [0.25, 0.3) is 0 Å². The lowest BCUT2D eigenvalue weighted by molar-refractivity contribution is 0.400. The molecule has 1 rings (SSSR count). The molecule has 1 N–H and O–H groups in total. The number of hydrogen-bond donors (Lipinski definition) is 1. The molecular weight excluding hydrogens is 200 g/mol. The molecular formula is C9H19ClN4. The van der Waals surface area contributed by atoms with Gasteiger partial charge in [-0.15, -0.1) is 12.4 Å².